The average molecular weight is 279 g/mol. The number of amides is 1. The number of rotatable bonds is 3. The zero-order valence-corrected chi connectivity index (χ0v) is 10.8. The normalized spacial score (nSPS) is 10.0. The number of H-pyrrole nitrogens is 1. The quantitative estimate of drug-likeness (QED) is 0.803. The van der Waals surface area contributed by atoms with Crippen molar-refractivity contribution in [1.29, 1.82) is 0 Å². The topological polar surface area (TPSA) is 86.9 Å². The van der Waals surface area contributed by atoms with Gasteiger partial charge < -0.3 is 15.6 Å². The lowest BCUT2D eigenvalue weighted by Gasteiger charge is -2.08. The second kappa shape index (κ2) is 5.53. The number of nitrogens with one attached hydrogen (secondary N) is 3. The highest BCUT2D eigenvalue weighted by atomic mass is 35.5. The highest BCUT2D eigenvalue weighted by molar-refractivity contribution is 6.32. The molecule has 98 valence electrons. The Kier molecular flexibility index (Phi) is 3.82. The molecule has 3 N–H and O–H groups in total. The molecule has 0 saturated heterocycles. The average Bonchev–Trinajstić information content (AvgIpc) is 2.35. The molecule has 0 unspecified atom stereocenters. The maximum atomic E-state index is 11.3. The van der Waals surface area contributed by atoms with Crippen LogP contribution < -0.4 is 16.2 Å². The largest absolute Gasteiger partial charge is 0.339 e. The van der Waals surface area contributed by atoms with E-state index in [2.05, 4.69) is 20.6 Å². The summed E-state index contributed by atoms with van der Waals surface area (Å²) in [6, 6.07) is 6.99. The predicted octanol–water partition coefficient (Wildman–Crippen LogP) is 2.13. The molecule has 19 heavy (non-hydrogen) atoms. The molecule has 1 aromatic heterocycles. The minimum atomic E-state index is -0.419. The van der Waals surface area contributed by atoms with Crippen molar-refractivity contribution in [3.63, 3.8) is 0 Å². The lowest BCUT2D eigenvalue weighted by Crippen LogP contribution is -2.10. The fourth-order valence-electron chi connectivity index (χ4n) is 1.48. The minimum Gasteiger partial charge on any atom is -0.339 e. The summed E-state index contributed by atoms with van der Waals surface area (Å²) < 4.78 is 0. The van der Waals surface area contributed by atoms with Crippen LogP contribution in [0.2, 0.25) is 5.02 Å². The van der Waals surface area contributed by atoms with Gasteiger partial charge in [0.25, 0.3) is 5.56 Å². The molecule has 0 radical (unpaired) electrons. The van der Waals surface area contributed by atoms with Gasteiger partial charge in [0, 0.05) is 18.3 Å². The maximum absolute atomic E-state index is 11.3. The molecule has 0 spiro atoms. The first-order valence-electron chi connectivity index (χ1n) is 5.44. The van der Waals surface area contributed by atoms with Crippen molar-refractivity contribution in [3.8, 4) is 0 Å². The highest BCUT2D eigenvalue weighted by Gasteiger charge is 2.06. The molecule has 1 amide bonds. The van der Waals surface area contributed by atoms with E-state index in [1.165, 1.54) is 13.3 Å². The summed E-state index contributed by atoms with van der Waals surface area (Å²) in [7, 11) is 0. The van der Waals surface area contributed by atoms with Crippen LogP contribution in [0, 0.1) is 0 Å². The van der Waals surface area contributed by atoms with Crippen molar-refractivity contribution >= 4 is 34.7 Å². The van der Waals surface area contributed by atoms with Crippen LogP contribution in [0.5, 0.6) is 0 Å². The molecule has 0 aliphatic heterocycles. The smallest absolute Gasteiger partial charge is 0.271 e. The van der Waals surface area contributed by atoms with Gasteiger partial charge in [-0.05, 0) is 18.2 Å². The zero-order valence-electron chi connectivity index (χ0n) is 10.0. The summed E-state index contributed by atoms with van der Waals surface area (Å²) in [6.45, 7) is 1.43. The lowest BCUT2D eigenvalue weighted by molar-refractivity contribution is -0.114. The zero-order chi connectivity index (χ0) is 13.8. The molecule has 0 atom stereocenters. The van der Waals surface area contributed by atoms with Crippen LogP contribution in [0.4, 0.5) is 17.2 Å². The number of nitrogens with zero attached hydrogens (tertiary/aromatic N) is 1. The van der Waals surface area contributed by atoms with Crippen molar-refractivity contribution in [3.05, 3.63) is 46.0 Å². The first-order chi connectivity index (χ1) is 9.06. The summed E-state index contributed by atoms with van der Waals surface area (Å²) in [4.78, 5) is 28.6. The molecule has 0 bridgehead atoms. The van der Waals surface area contributed by atoms with Crippen LogP contribution in [0.25, 0.3) is 0 Å². The molecule has 1 aromatic carbocycles. The monoisotopic (exact) mass is 278 g/mol. The van der Waals surface area contributed by atoms with Gasteiger partial charge in [-0.15, -0.1) is 0 Å². The third-order valence-corrected chi connectivity index (χ3v) is 2.59. The Morgan fingerprint density at radius 2 is 2.11 bits per heavy atom. The Morgan fingerprint density at radius 3 is 2.84 bits per heavy atom. The lowest BCUT2D eigenvalue weighted by atomic mass is 10.2. The summed E-state index contributed by atoms with van der Waals surface area (Å²) in [5, 5.41) is 5.55. The van der Waals surface area contributed by atoms with Crippen LogP contribution in [0.3, 0.4) is 0 Å². The van der Waals surface area contributed by atoms with E-state index in [1.807, 2.05) is 0 Å². The molecule has 6 nitrogen and oxygen atoms in total. The van der Waals surface area contributed by atoms with E-state index in [-0.39, 0.29) is 16.7 Å². The Hall–Kier alpha value is -2.34. The number of hydrogen-bond acceptors (Lipinski definition) is 4. The predicted molar refractivity (Wildman–Crippen MR) is 73.9 cm³/mol. The van der Waals surface area contributed by atoms with Gasteiger partial charge in [0.15, 0.2) is 5.82 Å². The molecule has 0 fully saturated rings. The van der Waals surface area contributed by atoms with Crippen molar-refractivity contribution in [2.45, 2.75) is 6.92 Å². The summed E-state index contributed by atoms with van der Waals surface area (Å²) >= 11 is 5.83. The standard InChI is InChI=1S/C12H11ClN4O2/c1-7(18)16-8-3-2-4-9(5-8)17-11-10(13)12(19)15-6-14-11/h2-6H,1H3,(H,16,18)(H2,14,15,17,19). The van der Waals surface area contributed by atoms with Gasteiger partial charge in [-0.1, -0.05) is 17.7 Å². The van der Waals surface area contributed by atoms with Gasteiger partial charge in [-0.3, -0.25) is 9.59 Å². The van der Waals surface area contributed by atoms with Crippen LogP contribution in [-0.4, -0.2) is 15.9 Å². The maximum Gasteiger partial charge on any atom is 0.271 e. The van der Waals surface area contributed by atoms with Gasteiger partial charge in [-0.25, -0.2) is 4.98 Å². The molecule has 0 aliphatic rings. The molecule has 0 aliphatic carbocycles. The number of aromatic nitrogens is 2. The first-order valence-corrected chi connectivity index (χ1v) is 5.82. The summed E-state index contributed by atoms with van der Waals surface area (Å²) in [5.74, 6) is 0.0925. The highest BCUT2D eigenvalue weighted by Crippen LogP contribution is 2.21. The van der Waals surface area contributed by atoms with Gasteiger partial charge >= 0.3 is 0 Å². The van der Waals surface area contributed by atoms with Gasteiger partial charge in [-0.2, -0.15) is 0 Å². The van der Waals surface area contributed by atoms with Crippen molar-refractivity contribution in [2.75, 3.05) is 10.6 Å². The van der Waals surface area contributed by atoms with Crippen LogP contribution in [0.1, 0.15) is 6.92 Å². The second-order valence-electron chi connectivity index (χ2n) is 3.78. The molecule has 0 saturated carbocycles. The molecular formula is C12H11ClN4O2. The number of halogens is 1. The number of carbonyl (C=O) groups is 1. The van der Waals surface area contributed by atoms with Gasteiger partial charge in [0.1, 0.15) is 5.02 Å². The number of anilines is 3. The Labute approximate surface area is 113 Å². The number of carbonyl (C=O) groups excluding carboxylic acids is 1. The molecule has 2 rings (SSSR count). The van der Waals surface area contributed by atoms with Crippen LogP contribution in [0.15, 0.2) is 35.4 Å². The number of aromatic amines is 1. The number of hydrogen-bond donors (Lipinski definition) is 3. The van der Waals surface area contributed by atoms with E-state index < -0.39 is 5.56 Å². The van der Waals surface area contributed by atoms with E-state index in [1.54, 1.807) is 24.3 Å². The van der Waals surface area contributed by atoms with Gasteiger partial charge in [0.05, 0.1) is 6.33 Å². The Bertz CT molecular complexity index is 669. The summed E-state index contributed by atoms with van der Waals surface area (Å²) in [6.07, 6.45) is 1.26. The third-order valence-electron chi connectivity index (χ3n) is 2.24. The first kappa shape index (κ1) is 13.1. The second-order valence-corrected chi connectivity index (χ2v) is 4.16. The van der Waals surface area contributed by atoms with Crippen molar-refractivity contribution in [2.24, 2.45) is 0 Å². The summed E-state index contributed by atoms with van der Waals surface area (Å²) in [5.41, 5.74) is 0.877. The fraction of sp³-hybridized carbons (Fsp3) is 0.0833. The van der Waals surface area contributed by atoms with Crippen molar-refractivity contribution in [1.82, 2.24) is 9.97 Å². The third kappa shape index (κ3) is 3.32. The fourth-order valence-corrected chi connectivity index (χ4v) is 1.64. The molecule has 2 aromatic rings. The van der Waals surface area contributed by atoms with Gasteiger partial charge in [0.2, 0.25) is 5.91 Å². The van der Waals surface area contributed by atoms with E-state index in [0.717, 1.165) is 0 Å². The Morgan fingerprint density at radius 1 is 1.37 bits per heavy atom. The Balaban J connectivity index is 2.26. The SMILES string of the molecule is CC(=O)Nc1cccc(Nc2nc[nH]c(=O)c2Cl)c1. The van der Waals surface area contributed by atoms with E-state index in [0.29, 0.717) is 11.4 Å². The molecule has 1 heterocycles. The molecular weight excluding hydrogens is 268 g/mol. The van der Waals surface area contributed by atoms with Crippen LogP contribution >= 0.6 is 11.6 Å². The van der Waals surface area contributed by atoms with Crippen LogP contribution in [-0.2, 0) is 4.79 Å². The van der Waals surface area contributed by atoms with E-state index in [4.69, 9.17) is 11.6 Å². The van der Waals surface area contributed by atoms with E-state index in [9.17, 15) is 9.59 Å². The van der Waals surface area contributed by atoms with Crippen molar-refractivity contribution < 1.29 is 4.79 Å². The minimum absolute atomic E-state index is 0.0209. The van der Waals surface area contributed by atoms with E-state index >= 15 is 0 Å². The number of benzene rings is 1. The molecule has 7 heteroatoms.